The molecule has 0 unspecified atom stereocenters. The standard InChI is InChI=1S/C12H18N2O3S/c1-4-5-14-12(15)10-6-8(2)9(3)11(7-10)18(13,16)17/h6-7H,4-5H2,1-3H3,(H,14,15)(H2,13,16,17). The highest BCUT2D eigenvalue weighted by atomic mass is 32.2. The van der Waals surface area contributed by atoms with Crippen LogP contribution in [0.3, 0.4) is 0 Å². The molecule has 1 aromatic carbocycles. The molecule has 0 saturated heterocycles. The van der Waals surface area contributed by atoms with Crippen LogP contribution >= 0.6 is 0 Å². The van der Waals surface area contributed by atoms with Gasteiger partial charge in [0.15, 0.2) is 0 Å². The molecule has 5 nitrogen and oxygen atoms in total. The minimum atomic E-state index is -3.81. The van der Waals surface area contributed by atoms with Crippen molar-refractivity contribution < 1.29 is 13.2 Å². The normalized spacial score (nSPS) is 11.3. The first kappa shape index (κ1) is 14.7. The number of primary sulfonamides is 1. The maximum absolute atomic E-state index is 11.8. The lowest BCUT2D eigenvalue weighted by molar-refractivity contribution is 0.0953. The third kappa shape index (κ3) is 3.30. The van der Waals surface area contributed by atoms with Gasteiger partial charge < -0.3 is 5.32 Å². The van der Waals surface area contributed by atoms with Crippen LogP contribution in [0.5, 0.6) is 0 Å². The minimum Gasteiger partial charge on any atom is -0.352 e. The highest BCUT2D eigenvalue weighted by molar-refractivity contribution is 7.89. The fraction of sp³-hybridized carbons (Fsp3) is 0.417. The zero-order chi connectivity index (χ0) is 13.9. The molecule has 0 spiro atoms. The lowest BCUT2D eigenvalue weighted by atomic mass is 10.1. The van der Waals surface area contributed by atoms with Crippen LogP contribution in [0.1, 0.15) is 34.8 Å². The number of hydrogen-bond donors (Lipinski definition) is 2. The third-order valence-corrected chi connectivity index (χ3v) is 3.76. The van der Waals surface area contributed by atoms with Crippen molar-refractivity contribution in [2.45, 2.75) is 32.1 Å². The molecule has 0 fully saturated rings. The topological polar surface area (TPSA) is 89.3 Å². The Labute approximate surface area is 107 Å². The molecule has 0 aliphatic heterocycles. The average molecular weight is 270 g/mol. The SMILES string of the molecule is CCCNC(=O)c1cc(C)c(C)c(S(N)(=O)=O)c1. The number of carbonyl (C=O) groups excluding carboxylic acids is 1. The summed E-state index contributed by atoms with van der Waals surface area (Å²) < 4.78 is 22.9. The minimum absolute atomic E-state index is 0.00384. The van der Waals surface area contributed by atoms with Crippen molar-refractivity contribution in [1.29, 1.82) is 0 Å². The van der Waals surface area contributed by atoms with Gasteiger partial charge in [-0.2, -0.15) is 0 Å². The molecule has 0 bridgehead atoms. The summed E-state index contributed by atoms with van der Waals surface area (Å²) in [6.45, 7) is 5.91. The van der Waals surface area contributed by atoms with E-state index in [4.69, 9.17) is 5.14 Å². The number of benzene rings is 1. The highest BCUT2D eigenvalue weighted by Gasteiger charge is 2.17. The van der Waals surface area contributed by atoms with E-state index in [1.807, 2.05) is 6.92 Å². The van der Waals surface area contributed by atoms with Gasteiger partial charge in [-0.1, -0.05) is 6.92 Å². The molecule has 1 rings (SSSR count). The Morgan fingerprint density at radius 1 is 1.33 bits per heavy atom. The van der Waals surface area contributed by atoms with E-state index in [-0.39, 0.29) is 10.8 Å². The van der Waals surface area contributed by atoms with Gasteiger partial charge in [0, 0.05) is 12.1 Å². The summed E-state index contributed by atoms with van der Waals surface area (Å²) >= 11 is 0. The second-order valence-electron chi connectivity index (χ2n) is 4.22. The number of amides is 1. The van der Waals surface area contributed by atoms with E-state index in [0.717, 1.165) is 12.0 Å². The van der Waals surface area contributed by atoms with Gasteiger partial charge in [0.1, 0.15) is 0 Å². The molecule has 1 amide bonds. The Morgan fingerprint density at radius 3 is 2.44 bits per heavy atom. The molecule has 0 atom stereocenters. The summed E-state index contributed by atoms with van der Waals surface area (Å²) in [7, 11) is -3.81. The van der Waals surface area contributed by atoms with Crippen LogP contribution in [0.25, 0.3) is 0 Å². The number of hydrogen-bond acceptors (Lipinski definition) is 3. The molecular weight excluding hydrogens is 252 g/mol. The lowest BCUT2D eigenvalue weighted by Crippen LogP contribution is -2.25. The zero-order valence-electron chi connectivity index (χ0n) is 10.8. The number of aryl methyl sites for hydroxylation is 1. The van der Waals surface area contributed by atoms with E-state index in [0.29, 0.717) is 17.7 Å². The van der Waals surface area contributed by atoms with Gasteiger partial charge in [0.25, 0.3) is 5.91 Å². The first-order valence-corrected chi connectivity index (χ1v) is 7.24. The number of sulfonamides is 1. The summed E-state index contributed by atoms with van der Waals surface area (Å²) in [6, 6.07) is 2.98. The van der Waals surface area contributed by atoms with Gasteiger partial charge >= 0.3 is 0 Å². The van der Waals surface area contributed by atoms with E-state index in [1.165, 1.54) is 6.07 Å². The zero-order valence-corrected chi connectivity index (χ0v) is 11.6. The van der Waals surface area contributed by atoms with Crippen molar-refractivity contribution in [1.82, 2.24) is 5.32 Å². The fourth-order valence-electron chi connectivity index (χ4n) is 1.59. The van der Waals surface area contributed by atoms with Crippen LogP contribution in [0.15, 0.2) is 17.0 Å². The van der Waals surface area contributed by atoms with Crippen LogP contribution in [-0.2, 0) is 10.0 Å². The van der Waals surface area contributed by atoms with Crippen LogP contribution in [-0.4, -0.2) is 20.9 Å². The van der Waals surface area contributed by atoms with Crippen LogP contribution in [0.4, 0.5) is 0 Å². The van der Waals surface area contributed by atoms with Crippen molar-refractivity contribution in [3.63, 3.8) is 0 Å². The molecule has 0 aliphatic rings. The molecule has 0 heterocycles. The van der Waals surface area contributed by atoms with Crippen molar-refractivity contribution >= 4 is 15.9 Å². The van der Waals surface area contributed by atoms with Crippen molar-refractivity contribution in [2.75, 3.05) is 6.54 Å². The number of carbonyl (C=O) groups is 1. The molecule has 18 heavy (non-hydrogen) atoms. The lowest BCUT2D eigenvalue weighted by Gasteiger charge is -2.10. The van der Waals surface area contributed by atoms with Gasteiger partial charge in [-0.25, -0.2) is 13.6 Å². The predicted octanol–water partition coefficient (Wildman–Crippen LogP) is 1.09. The number of rotatable bonds is 4. The van der Waals surface area contributed by atoms with E-state index in [9.17, 15) is 13.2 Å². The van der Waals surface area contributed by atoms with Crippen molar-refractivity contribution in [2.24, 2.45) is 5.14 Å². The van der Waals surface area contributed by atoms with E-state index in [1.54, 1.807) is 19.9 Å². The molecule has 1 aromatic rings. The van der Waals surface area contributed by atoms with Crippen molar-refractivity contribution in [3.05, 3.63) is 28.8 Å². The maximum Gasteiger partial charge on any atom is 0.251 e. The van der Waals surface area contributed by atoms with Crippen LogP contribution < -0.4 is 10.5 Å². The van der Waals surface area contributed by atoms with Crippen LogP contribution in [0.2, 0.25) is 0 Å². The molecule has 6 heteroatoms. The second-order valence-corrected chi connectivity index (χ2v) is 5.75. The van der Waals surface area contributed by atoms with Gasteiger partial charge in [-0.3, -0.25) is 4.79 Å². The molecule has 0 aliphatic carbocycles. The number of nitrogens with one attached hydrogen (secondary N) is 1. The molecule has 3 N–H and O–H groups in total. The van der Waals surface area contributed by atoms with E-state index in [2.05, 4.69) is 5.32 Å². The van der Waals surface area contributed by atoms with E-state index < -0.39 is 10.0 Å². The Hall–Kier alpha value is -1.40. The summed E-state index contributed by atoms with van der Waals surface area (Å²) in [5, 5.41) is 7.84. The maximum atomic E-state index is 11.8. The molecular formula is C12H18N2O3S. The first-order chi connectivity index (χ1) is 8.27. The highest BCUT2D eigenvalue weighted by Crippen LogP contribution is 2.20. The molecule has 0 radical (unpaired) electrons. The Bertz CT molecular complexity index is 565. The van der Waals surface area contributed by atoms with E-state index >= 15 is 0 Å². The smallest absolute Gasteiger partial charge is 0.251 e. The van der Waals surface area contributed by atoms with Crippen molar-refractivity contribution in [3.8, 4) is 0 Å². The third-order valence-electron chi connectivity index (χ3n) is 2.72. The van der Waals surface area contributed by atoms with Gasteiger partial charge in [-0.05, 0) is 43.5 Å². The second kappa shape index (κ2) is 5.49. The molecule has 100 valence electrons. The predicted molar refractivity (Wildman–Crippen MR) is 69.9 cm³/mol. The van der Waals surface area contributed by atoms with Gasteiger partial charge in [0.2, 0.25) is 10.0 Å². The Kier molecular flexibility index (Phi) is 4.48. The average Bonchev–Trinajstić information content (AvgIpc) is 2.27. The summed E-state index contributed by atoms with van der Waals surface area (Å²) in [5.74, 6) is -0.287. The van der Waals surface area contributed by atoms with Gasteiger partial charge in [-0.15, -0.1) is 0 Å². The Morgan fingerprint density at radius 2 is 1.94 bits per heavy atom. The van der Waals surface area contributed by atoms with Gasteiger partial charge in [0.05, 0.1) is 4.90 Å². The summed E-state index contributed by atoms with van der Waals surface area (Å²) in [5.41, 5.74) is 1.61. The fourth-order valence-corrected chi connectivity index (χ4v) is 2.47. The molecule has 0 aromatic heterocycles. The monoisotopic (exact) mass is 270 g/mol. The summed E-state index contributed by atoms with van der Waals surface area (Å²) in [6.07, 6.45) is 0.818. The first-order valence-electron chi connectivity index (χ1n) is 5.69. The van der Waals surface area contributed by atoms with Crippen LogP contribution in [0, 0.1) is 13.8 Å². The summed E-state index contributed by atoms with van der Waals surface area (Å²) in [4.78, 5) is 11.8. The molecule has 0 saturated carbocycles. The largest absolute Gasteiger partial charge is 0.352 e. The Balaban J connectivity index is 3.25. The number of nitrogens with two attached hydrogens (primary N) is 1. The quantitative estimate of drug-likeness (QED) is 0.858.